The Morgan fingerprint density at radius 2 is 1.79 bits per heavy atom. The first-order valence-electron chi connectivity index (χ1n) is 7.17. The van der Waals surface area contributed by atoms with Crippen LogP contribution < -0.4 is 10.8 Å². The number of benzene rings is 1. The number of anilines is 1. The zero-order chi connectivity index (χ0) is 17.8. The van der Waals surface area contributed by atoms with Crippen molar-refractivity contribution in [3.63, 3.8) is 0 Å². The molecule has 0 aliphatic carbocycles. The van der Waals surface area contributed by atoms with Crippen LogP contribution in [0.5, 0.6) is 0 Å². The van der Waals surface area contributed by atoms with E-state index in [4.69, 9.17) is 5.73 Å². The molecule has 0 bridgehead atoms. The molecule has 2 unspecified atom stereocenters. The standard InChI is InChI=1S/C16H24N2O4S.ClH/c1-11(19)16(22,9-14(20)21)15(18(2,3)4)23-10-12-5-7-13(17)8-6-12;/h5-8,15,22H,9-10,17H2,1-4H3;1H. The molecule has 136 valence electrons. The van der Waals surface area contributed by atoms with Gasteiger partial charge in [0.2, 0.25) is 0 Å². The van der Waals surface area contributed by atoms with E-state index in [1.165, 1.54) is 18.7 Å². The van der Waals surface area contributed by atoms with Gasteiger partial charge in [0.1, 0.15) is 0 Å². The van der Waals surface area contributed by atoms with E-state index in [0.717, 1.165) is 5.56 Å². The minimum absolute atomic E-state index is 0. The number of quaternary nitrogens is 1. The fraction of sp³-hybridized carbons (Fsp3) is 0.500. The molecule has 24 heavy (non-hydrogen) atoms. The number of rotatable bonds is 8. The number of carbonyl (C=O) groups excluding carboxylic acids is 2. The molecule has 0 aromatic heterocycles. The zero-order valence-corrected chi connectivity index (χ0v) is 15.9. The van der Waals surface area contributed by atoms with Crippen molar-refractivity contribution in [2.75, 3.05) is 26.9 Å². The summed E-state index contributed by atoms with van der Waals surface area (Å²) in [6, 6.07) is 7.27. The Bertz CT molecular complexity index is 574. The van der Waals surface area contributed by atoms with Crippen molar-refractivity contribution < 1.29 is 24.3 Å². The Morgan fingerprint density at radius 1 is 1.29 bits per heavy atom. The lowest BCUT2D eigenvalue weighted by Crippen LogP contribution is -2.61. The second kappa shape index (κ2) is 8.71. The van der Waals surface area contributed by atoms with Gasteiger partial charge in [-0.1, -0.05) is 23.9 Å². The molecule has 0 aliphatic rings. The van der Waals surface area contributed by atoms with Crippen LogP contribution in [0.4, 0.5) is 5.69 Å². The third-order valence-corrected chi connectivity index (χ3v) is 5.36. The first-order chi connectivity index (χ1) is 10.5. The number of aliphatic carboxylic acids is 1. The van der Waals surface area contributed by atoms with Crippen molar-refractivity contribution in [1.29, 1.82) is 0 Å². The number of carboxylic acids is 1. The highest BCUT2D eigenvalue weighted by Crippen LogP contribution is 2.34. The highest BCUT2D eigenvalue weighted by Gasteiger charge is 2.49. The van der Waals surface area contributed by atoms with Gasteiger partial charge in [0, 0.05) is 23.8 Å². The summed E-state index contributed by atoms with van der Waals surface area (Å²) in [6.45, 7) is 1.20. The van der Waals surface area contributed by atoms with Crippen LogP contribution in [0.1, 0.15) is 18.9 Å². The maximum absolute atomic E-state index is 12.0. The lowest BCUT2D eigenvalue weighted by Gasteiger charge is -2.42. The minimum Gasteiger partial charge on any atom is -0.550 e. The molecule has 1 aromatic carbocycles. The fourth-order valence-electron chi connectivity index (χ4n) is 2.40. The maximum atomic E-state index is 12.0. The summed E-state index contributed by atoms with van der Waals surface area (Å²) in [5.41, 5.74) is 5.28. The highest BCUT2D eigenvalue weighted by atomic mass is 35.5. The third kappa shape index (κ3) is 5.98. The van der Waals surface area contributed by atoms with Crippen LogP contribution in [0.25, 0.3) is 0 Å². The first-order valence-corrected chi connectivity index (χ1v) is 8.22. The highest BCUT2D eigenvalue weighted by molar-refractivity contribution is 7.99. The molecule has 0 amide bonds. The molecular weight excluding hydrogens is 352 g/mol. The molecule has 8 heteroatoms. The van der Waals surface area contributed by atoms with Crippen molar-refractivity contribution in [1.82, 2.24) is 0 Å². The predicted molar refractivity (Wildman–Crippen MR) is 96.5 cm³/mol. The van der Waals surface area contributed by atoms with Crippen LogP contribution >= 0.6 is 24.2 Å². The number of nitrogens with zero attached hydrogens (tertiary/aromatic N) is 1. The van der Waals surface area contributed by atoms with Crippen molar-refractivity contribution in [3.05, 3.63) is 29.8 Å². The molecule has 0 spiro atoms. The number of hydrogen-bond acceptors (Lipinski definition) is 6. The minimum atomic E-state index is -1.99. The van der Waals surface area contributed by atoms with Crippen LogP contribution in [-0.4, -0.2) is 53.5 Å². The molecule has 0 saturated carbocycles. The van der Waals surface area contributed by atoms with Gasteiger partial charge in [-0.3, -0.25) is 4.79 Å². The van der Waals surface area contributed by atoms with E-state index >= 15 is 0 Å². The Balaban J connectivity index is 0.00000529. The molecule has 1 rings (SSSR count). The second-order valence-corrected chi connectivity index (χ2v) is 7.62. The number of likely N-dealkylation sites (N-methyl/N-ethyl adjacent to an activating group) is 1. The number of aliphatic hydroxyl groups is 1. The van der Waals surface area contributed by atoms with Gasteiger partial charge in [-0.25, -0.2) is 0 Å². The summed E-state index contributed by atoms with van der Waals surface area (Å²) in [6.07, 6.45) is -0.725. The Labute approximate surface area is 153 Å². The third-order valence-electron chi connectivity index (χ3n) is 3.52. The van der Waals surface area contributed by atoms with E-state index in [1.807, 2.05) is 33.3 Å². The molecule has 0 heterocycles. The summed E-state index contributed by atoms with van der Waals surface area (Å²) < 4.78 is 0.225. The zero-order valence-electron chi connectivity index (χ0n) is 14.3. The molecule has 6 nitrogen and oxygen atoms in total. The number of carboxylic acid groups (broad SMARTS) is 1. The number of carbonyl (C=O) groups is 2. The number of thioether (sulfide) groups is 1. The fourth-order valence-corrected chi connectivity index (χ4v) is 3.91. The van der Waals surface area contributed by atoms with Crippen molar-refractivity contribution in [2.45, 2.75) is 30.1 Å². The van der Waals surface area contributed by atoms with Gasteiger partial charge >= 0.3 is 0 Å². The van der Waals surface area contributed by atoms with Gasteiger partial charge in [0.15, 0.2) is 16.8 Å². The van der Waals surface area contributed by atoms with E-state index in [9.17, 15) is 19.8 Å². The summed E-state index contributed by atoms with van der Waals surface area (Å²) in [4.78, 5) is 23.0. The van der Waals surface area contributed by atoms with Crippen molar-refractivity contribution >= 4 is 41.6 Å². The van der Waals surface area contributed by atoms with Gasteiger partial charge < -0.3 is 25.2 Å². The van der Waals surface area contributed by atoms with Gasteiger partial charge in [-0.15, -0.1) is 12.4 Å². The number of halogens is 1. The number of nitrogen functional groups attached to an aromatic ring is 1. The van der Waals surface area contributed by atoms with Crippen molar-refractivity contribution in [2.24, 2.45) is 0 Å². The SMILES string of the molecule is CC(=O)C(O)(CC(=O)[O-])C(SCc1ccc(N)cc1)[N+](C)(C)C.Cl. The second-order valence-electron chi connectivity index (χ2n) is 6.55. The molecule has 3 N–H and O–H groups in total. The Hall–Kier alpha value is -1.28. The summed E-state index contributed by atoms with van der Waals surface area (Å²) in [5, 5.41) is 21.1. The van der Waals surface area contributed by atoms with E-state index in [-0.39, 0.29) is 16.9 Å². The molecule has 0 saturated heterocycles. The van der Waals surface area contributed by atoms with Gasteiger partial charge in [-0.2, -0.15) is 0 Å². The van der Waals surface area contributed by atoms with Gasteiger partial charge in [-0.05, 0) is 24.6 Å². The topological polar surface area (TPSA) is 103 Å². The van der Waals surface area contributed by atoms with Gasteiger partial charge in [0.25, 0.3) is 0 Å². The molecule has 2 atom stereocenters. The number of Topliss-reactive ketones (excluding diaryl/α,β-unsaturated/α-hetero) is 1. The van der Waals surface area contributed by atoms with Crippen LogP contribution in [0.15, 0.2) is 24.3 Å². The normalized spacial score (nSPS) is 15.0. The average Bonchev–Trinajstić information content (AvgIpc) is 2.38. The molecular formula is C16H25ClN2O4S. The van der Waals surface area contributed by atoms with E-state index in [1.54, 1.807) is 12.1 Å². The van der Waals surface area contributed by atoms with Crippen LogP contribution in [-0.2, 0) is 15.3 Å². The summed E-state index contributed by atoms with van der Waals surface area (Å²) in [7, 11) is 5.43. The lowest BCUT2D eigenvalue weighted by atomic mass is 9.93. The first kappa shape index (κ1) is 22.7. The smallest absolute Gasteiger partial charge is 0.189 e. The summed E-state index contributed by atoms with van der Waals surface area (Å²) in [5.74, 6) is -1.51. The number of hydrogen-bond donors (Lipinski definition) is 2. The maximum Gasteiger partial charge on any atom is 0.189 e. The predicted octanol–water partition coefficient (Wildman–Crippen LogP) is 0.416. The van der Waals surface area contributed by atoms with Gasteiger partial charge in [0.05, 0.1) is 21.1 Å². The number of nitrogens with two attached hydrogens (primary N) is 1. The van der Waals surface area contributed by atoms with E-state index in [2.05, 4.69) is 0 Å². The summed E-state index contributed by atoms with van der Waals surface area (Å²) >= 11 is 1.33. The monoisotopic (exact) mass is 376 g/mol. The molecule has 0 aliphatic heterocycles. The van der Waals surface area contributed by atoms with E-state index in [0.29, 0.717) is 11.4 Å². The largest absolute Gasteiger partial charge is 0.550 e. The molecule has 0 radical (unpaired) electrons. The van der Waals surface area contributed by atoms with Crippen LogP contribution in [0, 0.1) is 0 Å². The van der Waals surface area contributed by atoms with Crippen LogP contribution in [0.3, 0.4) is 0 Å². The van der Waals surface area contributed by atoms with Crippen LogP contribution in [0.2, 0.25) is 0 Å². The van der Waals surface area contributed by atoms with Crippen molar-refractivity contribution in [3.8, 4) is 0 Å². The van der Waals surface area contributed by atoms with E-state index < -0.39 is 29.1 Å². The molecule has 1 aromatic rings. The average molecular weight is 377 g/mol. The number of ketones is 1. The Morgan fingerprint density at radius 3 is 2.17 bits per heavy atom. The Kier molecular flexibility index (Phi) is 8.25. The quantitative estimate of drug-likeness (QED) is 0.387. The lowest BCUT2D eigenvalue weighted by molar-refractivity contribution is -0.886. The molecule has 0 fully saturated rings.